The second-order valence-electron chi connectivity index (χ2n) is 4.19. The molecule has 100 valence electrons. The predicted molar refractivity (Wildman–Crippen MR) is 80.0 cm³/mol. The molecule has 1 aromatic carbocycles. The monoisotopic (exact) mass is 276 g/mol. The molecular weight excluding hydrogens is 260 g/mol. The molecule has 6 heteroatoms. The zero-order valence-electron chi connectivity index (χ0n) is 11.1. The number of aromatic nitrogens is 1. The lowest BCUT2D eigenvalue weighted by Crippen LogP contribution is -2.26. The quantitative estimate of drug-likeness (QED) is 0.902. The number of amides is 1. The van der Waals surface area contributed by atoms with Crippen molar-refractivity contribution >= 4 is 33.9 Å². The molecule has 2 rings (SSSR count). The molecule has 1 amide bonds. The fourth-order valence-corrected chi connectivity index (χ4v) is 2.51. The number of benzene rings is 1. The van der Waals surface area contributed by atoms with Gasteiger partial charge in [-0.3, -0.25) is 4.79 Å². The van der Waals surface area contributed by atoms with E-state index < -0.39 is 0 Å². The van der Waals surface area contributed by atoms with Crippen molar-refractivity contribution in [2.75, 3.05) is 30.0 Å². The molecule has 0 saturated carbocycles. The van der Waals surface area contributed by atoms with E-state index in [0.29, 0.717) is 10.0 Å². The van der Waals surface area contributed by atoms with Gasteiger partial charge >= 0.3 is 0 Å². The molecule has 3 N–H and O–H groups in total. The maximum Gasteiger partial charge on any atom is 0.272 e. The molecule has 0 atom stereocenters. The number of aryl methyl sites for hydroxylation is 1. The smallest absolute Gasteiger partial charge is 0.272 e. The first-order valence-electron chi connectivity index (χ1n) is 5.81. The van der Waals surface area contributed by atoms with Crippen LogP contribution in [0.3, 0.4) is 0 Å². The van der Waals surface area contributed by atoms with Crippen molar-refractivity contribution in [1.29, 1.82) is 0 Å². The molecule has 0 fully saturated rings. The average Bonchev–Trinajstić information content (AvgIpc) is 2.78. The highest BCUT2D eigenvalue weighted by molar-refractivity contribution is 7.18. The minimum absolute atomic E-state index is 0.151. The van der Waals surface area contributed by atoms with Gasteiger partial charge in [-0.25, -0.2) is 4.98 Å². The molecule has 5 nitrogen and oxygen atoms in total. The number of hydrogen-bond donors (Lipinski definition) is 2. The molecule has 2 aromatic rings. The van der Waals surface area contributed by atoms with Gasteiger partial charge in [-0.15, -0.1) is 0 Å². The first kappa shape index (κ1) is 13.4. The van der Waals surface area contributed by atoms with E-state index in [1.807, 2.05) is 31.2 Å². The Morgan fingerprint density at radius 3 is 2.79 bits per heavy atom. The summed E-state index contributed by atoms with van der Waals surface area (Å²) in [5.74, 6) is 0.112. The first-order valence-corrected chi connectivity index (χ1v) is 6.63. The summed E-state index contributed by atoms with van der Waals surface area (Å²) in [6, 6.07) is 7.75. The van der Waals surface area contributed by atoms with E-state index in [9.17, 15) is 4.79 Å². The number of carbonyl (C=O) groups excluding carboxylic acids is 1. The number of anilines is 3. The third-order valence-corrected chi connectivity index (χ3v) is 3.83. The fraction of sp³-hybridized carbons (Fsp3) is 0.231. The van der Waals surface area contributed by atoms with Gasteiger partial charge < -0.3 is 16.0 Å². The summed E-state index contributed by atoms with van der Waals surface area (Å²) in [5.41, 5.74) is 7.71. The molecule has 0 aliphatic rings. The zero-order chi connectivity index (χ0) is 14.0. The average molecular weight is 276 g/mol. The number of thiazole rings is 1. The van der Waals surface area contributed by atoms with Gasteiger partial charge in [0.2, 0.25) is 0 Å². The van der Waals surface area contributed by atoms with Gasteiger partial charge in [0.15, 0.2) is 5.13 Å². The van der Waals surface area contributed by atoms with Crippen molar-refractivity contribution in [2.24, 2.45) is 0 Å². The second kappa shape index (κ2) is 5.27. The highest BCUT2D eigenvalue weighted by Gasteiger charge is 2.20. The largest absolute Gasteiger partial charge is 0.382 e. The summed E-state index contributed by atoms with van der Waals surface area (Å²) in [5, 5.41) is 3.53. The Kier molecular flexibility index (Phi) is 3.71. The van der Waals surface area contributed by atoms with Crippen molar-refractivity contribution in [3.63, 3.8) is 0 Å². The topological polar surface area (TPSA) is 71.2 Å². The van der Waals surface area contributed by atoms with Gasteiger partial charge in [-0.1, -0.05) is 23.5 Å². The molecule has 0 aliphatic carbocycles. The molecular formula is C13H16N4OS. The summed E-state index contributed by atoms with van der Waals surface area (Å²) in [6.45, 7) is 1.99. The van der Waals surface area contributed by atoms with Crippen LogP contribution in [0.25, 0.3) is 0 Å². The van der Waals surface area contributed by atoms with E-state index in [0.717, 1.165) is 11.3 Å². The van der Waals surface area contributed by atoms with E-state index in [-0.39, 0.29) is 11.7 Å². The summed E-state index contributed by atoms with van der Waals surface area (Å²) in [6.07, 6.45) is 0. The standard InChI is InChI=1S/C13H16N4OS/c1-8-5-4-6-9(7-8)17(3)12(18)10-11(14)16-13(15-2)19-10/h4-7H,14H2,1-3H3,(H,15,16). The maximum atomic E-state index is 12.4. The van der Waals surface area contributed by atoms with Crippen molar-refractivity contribution < 1.29 is 4.79 Å². The Balaban J connectivity index is 2.30. The Morgan fingerprint density at radius 2 is 2.21 bits per heavy atom. The highest BCUT2D eigenvalue weighted by atomic mass is 32.1. The van der Waals surface area contributed by atoms with Gasteiger partial charge in [0.25, 0.3) is 5.91 Å². The number of nitrogens with zero attached hydrogens (tertiary/aromatic N) is 2. The SMILES string of the molecule is CNc1nc(N)c(C(=O)N(C)c2cccc(C)c2)s1. The number of rotatable bonds is 3. The number of nitrogen functional groups attached to an aromatic ring is 1. The van der Waals surface area contributed by atoms with Crippen LogP contribution in [0.4, 0.5) is 16.6 Å². The lowest BCUT2D eigenvalue weighted by molar-refractivity contribution is 0.0997. The van der Waals surface area contributed by atoms with Gasteiger partial charge in [0.1, 0.15) is 10.7 Å². The van der Waals surface area contributed by atoms with Crippen LogP contribution in [0.5, 0.6) is 0 Å². The normalized spacial score (nSPS) is 10.3. The molecule has 0 saturated heterocycles. The summed E-state index contributed by atoms with van der Waals surface area (Å²) in [4.78, 5) is 18.5. The van der Waals surface area contributed by atoms with Crippen LogP contribution >= 0.6 is 11.3 Å². The van der Waals surface area contributed by atoms with E-state index in [2.05, 4.69) is 10.3 Å². The summed E-state index contributed by atoms with van der Waals surface area (Å²) < 4.78 is 0. The first-order chi connectivity index (χ1) is 9.02. The fourth-order valence-electron chi connectivity index (χ4n) is 1.70. The van der Waals surface area contributed by atoms with Crippen molar-refractivity contribution in [1.82, 2.24) is 4.98 Å². The Labute approximate surface area is 116 Å². The Hall–Kier alpha value is -2.08. The van der Waals surface area contributed by atoms with Crippen LogP contribution in [-0.2, 0) is 0 Å². The van der Waals surface area contributed by atoms with Crippen LogP contribution in [-0.4, -0.2) is 25.0 Å². The predicted octanol–water partition coefficient (Wildman–Crippen LogP) is 2.35. The summed E-state index contributed by atoms with van der Waals surface area (Å²) in [7, 11) is 3.48. The lowest BCUT2D eigenvalue weighted by Gasteiger charge is -2.16. The molecule has 0 aliphatic heterocycles. The third-order valence-electron chi connectivity index (χ3n) is 2.76. The lowest BCUT2D eigenvalue weighted by atomic mass is 10.2. The maximum absolute atomic E-state index is 12.4. The Bertz CT molecular complexity index is 608. The van der Waals surface area contributed by atoms with Gasteiger partial charge in [0.05, 0.1) is 0 Å². The number of hydrogen-bond acceptors (Lipinski definition) is 5. The van der Waals surface area contributed by atoms with Crippen LogP contribution in [0.2, 0.25) is 0 Å². The second-order valence-corrected chi connectivity index (χ2v) is 5.19. The van der Waals surface area contributed by atoms with Crippen molar-refractivity contribution in [3.05, 3.63) is 34.7 Å². The van der Waals surface area contributed by atoms with Gasteiger partial charge in [0, 0.05) is 19.8 Å². The molecule has 0 bridgehead atoms. The number of carbonyl (C=O) groups is 1. The minimum Gasteiger partial charge on any atom is -0.382 e. The molecule has 0 unspecified atom stereocenters. The van der Waals surface area contributed by atoms with E-state index >= 15 is 0 Å². The van der Waals surface area contributed by atoms with Crippen molar-refractivity contribution in [3.8, 4) is 0 Å². The van der Waals surface area contributed by atoms with E-state index in [1.165, 1.54) is 11.3 Å². The molecule has 0 spiro atoms. The van der Waals surface area contributed by atoms with Crippen LogP contribution < -0.4 is 16.0 Å². The minimum atomic E-state index is -0.151. The molecule has 19 heavy (non-hydrogen) atoms. The van der Waals surface area contributed by atoms with Crippen molar-refractivity contribution in [2.45, 2.75) is 6.92 Å². The summed E-state index contributed by atoms with van der Waals surface area (Å²) >= 11 is 1.26. The highest BCUT2D eigenvalue weighted by Crippen LogP contribution is 2.27. The molecule has 0 radical (unpaired) electrons. The number of nitrogens with two attached hydrogens (primary N) is 1. The zero-order valence-corrected chi connectivity index (χ0v) is 11.9. The number of nitrogens with one attached hydrogen (secondary N) is 1. The van der Waals surface area contributed by atoms with Crippen LogP contribution in [0.15, 0.2) is 24.3 Å². The molecule has 1 heterocycles. The van der Waals surface area contributed by atoms with E-state index in [4.69, 9.17) is 5.73 Å². The molecule has 1 aromatic heterocycles. The van der Waals surface area contributed by atoms with Crippen LogP contribution in [0, 0.1) is 6.92 Å². The van der Waals surface area contributed by atoms with Crippen LogP contribution in [0.1, 0.15) is 15.2 Å². The van der Waals surface area contributed by atoms with E-state index in [1.54, 1.807) is 19.0 Å². The third kappa shape index (κ3) is 2.68. The Morgan fingerprint density at radius 1 is 1.47 bits per heavy atom. The van der Waals surface area contributed by atoms with Gasteiger partial charge in [-0.05, 0) is 24.6 Å². The van der Waals surface area contributed by atoms with Gasteiger partial charge in [-0.2, -0.15) is 0 Å².